The average molecular weight is 905 g/mol. The average Bonchev–Trinajstić information content (AvgIpc) is 3.31. The molecule has 0 radical (unpaired) electrons. The number of aromatic nitrogens is 6. The van der Waals surface area contributed by atoms with Crippen LogP contribution in [0.25, 0.3) is 0 Å². The maximum absolute atomic E-state index is 12.3. The summed E-state index contributed by atoms with van der Waals surface area (Å²) in [4.78, 5) is 49.7. The van der Waals surface area contributed by atoms with Crippen molar-refractivity contribution in [3.63, 3.8) is 0 Å². The molecule has 0 saturated heterocycles. The van der Waals surface area contributed by atoms with Gasteiger partial charge >= 0.3 is 24.0 Å². The van der Waals surface area contributed by atoms with Gasteiger partial charge in [-0.3, -0.25) is 0 Å². The molecule has 2 aromatic heterocycles. The van der Waals surface area contributed by atoms with Crippen LogP contribution in [0.2, 0.25) is 0 Å². The van der Waals surface area contributed by atoms with E-state index in [0.29, 0.717) is 74.1 Å². The molecular formula is C46H52N10O10. The Balaban J connectivity index is 0.000000222. The van der Waals surface area contributed by atoms with E-state index in [9.17, 15) is 19.8 Å². The summed E-state index contributed by atoms with van der Waals surface area (Å²) in [7, 11) is 2.58. The van der Waals surface area contributed by atoms with Crippen LogP contribution >= 0.6 is 0 Å². The first kappa shape index (κ1) is 47.3. The van der Waals surface area contributed by atoms with E-state index >= 15 is 0 Å². The molecule has 346 valence electrons. The molecule has 0 saturated carbocycles. The largest absolute Gasteiger partial charge is 0.508 e. The van der Waals surface area contributed by atoms with Gasteiger partial charge in [-0.1, -0.05) is 24.3 Å². The molecule has 0 amide bonds. The van der Waals surface area contributed by atoms with Crippen molar-refractivity contribution < 1.29 is 48.2 Å². The van der Waals surface area contributed by atoms with Crippen LogP contribution < -0.4 is 40.2 Å². The summed E-state index contributed by atoms with van der Waals surface area (Å²) < 4.78 is 32.4. The van der Waals surface area contributed by atoms with Gasteiger partial charge in [0.2, 0.25) is 23.8 Å². The number of ether oxygens (including phenoxy) is 6. The van der Waals surface area contributed by atoms with Gasteiger partial charge in [-0.15, -0.1) is 0 Å². The normalized spacial score (nSPS) is 12.4. The molecule has 0 aliphatic carbocycles. The van der Waals surface area contributed by atoms with E-state index in [1.54, 1.807) is 49.4 Å². The number of nitrogens with one attached hydrogen (secondary N) is 4. The van der Waals surface area contributed by atoms with Crippen LogP contribution in [-0.4, -0.2) is 92.7 Å². The second kappa shape index (κ2) is 24.1. The molecule has 6 N–H and O–H groups in total. The van der Waals surface area contributed by atoms with E-state index in [1.165, 1.54) is 26.4 Å². The maximum Gasteiger partial charge on any atom is 0.341 e. The molecule has 1 aliphatic heterocycles. The SMILES string of the molecule is CCOc1nc(NCc2cccc(O)c2)nc(Nc2ccc(C(=O)OC)c(O)c2)n1.CCOc1nc2nc(n1)Nc1ccc(C(=O)OC)c(c1)OCCCCCCOc1cccc(c1)CN2. The summed E-state index contributed by atoms with van der Waals surface area (Å²) in [6.07, 6.45) is 3.82. The van der Waals surface area contributed by atoms with Crippen LogP contribution in [0.3, 0.4) is 0 Å². The summed E-state index contributed by atoms with van der Waals surface area (Å²) in [5.41, 5.74) is 3.38. The molecule has 6 bridgehead atoms. The number of phenolic OH excluding ortho intramolecular Hbond substituents is 2. The molecule has 7 rings (SSSR count). The molecule has 66 heavy (non-hydrogen) atoms. The number of methoxy groups -OCH3 is 2. The smallest absolute Gasteiger partial charge is 0.341 e. The third-order valence-corrected chi connectivity index (χ3v) is 9.35. The predicted octanol–water partition coefficient (Wildman–Crippen LogP) is 7.57. The number of anilines is 6. The van der Waals surface area contributed by atoms with E-state index in [4.69, 9.17) is 23.7 Å². The van der Waals surface area contributed by atoms with Crippen LogP contribution in [-0.2, 0) is 22.6 Å². The highest BCUT2D eigenvalue weighted by Gasteiger charge is 2.17. The lowest BCUT2D eigenvalue weighted by Gasteiger charge is -2.14. The Bertz CT molecular complexity index is 2570. The maximum atomic E-state index is 12.3. The van der Waals surface area contributed by atoms with Crippen molar-refractivity contribution in [1.82, 2.24) is 29.9 Å². The fourth-order valence-electron chi connectivity index (χ4n) is 6.22. The predicted molar refractivity (Wildman–Crippen MR) is 244 cm³/mol. The van der Waals surface area contributed by atoms with Crippen molar-refractivity contribution in [2.75, 3.05) is 61.9 Å². The summed E-state index contributed by atoms with van der Waals surface area (Å²) in [6.45, 7) is 6.44. The fourth-order valence-corrected chi connectivity index (χ4v) is 6.22. The highest BCUT2D eigenvalue weighted by molar-refractivity contribution is 5.93. The van der Waals surface area contributed by atoms with Crippen LogP contribution in [0.1, 0.15) is 71.4 Å². The fraction of sp³-hybridized carbons (Fsp3) is 0.304. The molecule has 0 unspecified atom stereocenters. The highest BCUT2D eigenvalue weighted by Crippen LogP contribution is 2.28. The number of esters is 2. The van der Waals surface area contributed by atoms with Gasteiger partial charge in [0.25, 0.3) is 0 Å². The van der Waals surface area contributed by atoms with E-state index < -0.39 is 11.9 Å². The van der Waals surface area contributed by atoms with Crippen molar-refractivity contribution in [2.45, 2.75) is 52.6 Å². The highest BCUT2D eigenvalue weighted by atomic mass is 16.5. The molecule has 0 spiro atoms. The Kier molecular flexibility index (Phi) is 17.2. The summed E-state index contributed by atoms with van der Waals surface area (Å²) in [5.74, 6) is 1.17. The minimum absolute atomic E-state index is 0.0437. The third kappa shape index (κ3) is 14.2. The van der Waals surface area contributed by atoms with Crippen molar-refractivity contribution in [3.8, 4) is 35.0 Å². The number of carbonyl (C=O) groups is 2. The van der Waals surface area contributed by atoms with Gasteiger partial charge in [-0.25, -0.2) is 9.59 Å². The van der Waals surface area contributed by atoms with Crippen LogP contribution in [0.4, 0.5) is 35.2 Å². The molecular weight excluding hydrogens is 853 g/mol. The minimum atomic E-state index is -0.642. The van der Waals surface area contributed by atoms with E-state index in [0.717, 1.165) is 42.6 Å². The molecule has 6 aromatic rings. The first-order chi connectivity index (χ1) is 32.1. The summed E-state index contributed by atoms with van der Waals surface area (Å²) >= 11 is 0. The van der Waals surface area contributed by atoms with Crippen LogP contribution in [0.5, 0.6) is 35.0 Å². The zero-order valence-electron chi connectivity index (χ0n) is 37.0. The Hall–Kier alpha value is -8.16. The third-order valence-electron chi connectivity index (χ3n) is 9.35. The lowest BCUT2D eigenvalue weighted by Crippen LogP contribution is -2.10. The second-order valence-corrected chi connectivity index (χ2v) is 14.2. The monoisotopic (exact) mass is 904 g/mol. The topological polar surface area (TPSA) is 255 Å². The van der Waals surface area contributed by atoms with E-state index in [-0.39, 0.29) is 41.0 Å². The molecule has 1 aliphatic rings. The van der Waals surface area contributed by atoms with Crippen molar-refractivity contribution >= 4 is 47.1 Å². The van der Waals surface area contributed by atoms with Crippen LogP contribution in [0, 0.1) is 0 Å². The van der Waals surface area contributed by atoms with Gasteiger partial charge in [0, 0.05) is 36.6 Å². The first-order valence-electron chi connectivity index (χ1n) is 21.2. The lowest BCUT2D eigenvalue weighted by molar-refractivity contribution is 0.0587. The number of rotatable bonds is 11. The lowest BCUT2D eigenvalue weighted by atomic mass is 10.1. The number of aromatic hydroxyl groups is 2. The molecule has 20 nitrogen and oxygen atoms in total. The van der Waals surface area contributed by atoms with E-state index in [2.05, 4.69) is 55.9 Å². The number of phenols is 2. The number of fused-ring (bicyclic) bond motifs is 6. The molecule has 3 heterocycles. The Morgan fingerprint density at radius 2 is 1.39 bits per heavy atom. The Labute approximate surface area is 381 Å². The molecule has 20 heteroatoms. The summed E-state index contributed by atoms with van der Waals surface area (Å²) in [6, 6.07) is 24.6. The van der Waals surface area contributed by atoms with Gasteiger partial charge in [0.05, 0.1) is 40.6 Å². The number of hydrogen-bond acceptors (Lipinski definition) is 20. The van der Waals surface area contributed by atoms with E-state index in [1.807, 2.05) is 37.3 Å². The van der Waals surface area contributed by atoms with Gasteiger partial charge in [-0.05, 0) is 99.2 Å². The van der Waals surface area contributed by atoms with Crippen LogP contribution in [0.15, 0.2) is 84.9 Å². The quantitative estimate of drug-likeness (QED) is 0.0685. The van der Waals surface area contributed by atoms with Crippen molar-refractivity contribution in [3.05, 3.63) is 107 Å². The standard InChI is InChI=1S/C26H31N5O5.C20H21N5O5/c1-3-34-26-30-24-27-17-18-9-8-10-20(15-18)35-13-6-4-5-7-14-36-22-16-19(28-25(29-24)31-26)11-12-21(22)23(32)33-2;1-3-30-20-24-18(21-11-12-5-4-6-14(26)9-12)23-19(25-20)22-13-7-8-15(16(27)10-13)17(28)29-2/h8-12,15-16H,3-7,13-14,17H2,1-2H3,(H2,27,28,29,30,31);4-10,26-27H,3,11H2,1-2H3,(H2,21,22,23,24,25). The second-order valence-electron chi connectivity index (χ2n) is 14.2. The van der Waals surface area contributed by atoms with Gasteiger partial charge < -0.3 is 59.9 Å². The van der Waals surface area contributed by atoms with Gasteiger partial charge in [-0.2, -0.15) is 29.9 Å². The zero-order valence-corrected chi connectivity index (χ0v) is 37.0. The van der Waals surface area contributed by atoms with Gasteiger partial charge in [0.15, 0.2) is 0 Å². The number of hydrogen-bond donors (Lipinski definition) is 6. The van der Waals surface area contributed by atoms with Gasteiger partial charge in [0.1, 0.15) is 34.1 Å². The Morgan fingerprint density at radius 1 is 0.697 bits per heavy atom. The summed E-state index contributed by atoms with van der Waals surface area (Å²) in [5, 5.41) is 32.0. The zero-order chi connectivity index (χ0) is 46.7. The molecule has 0 fully saturated rings. The minimum Gasteiger partial charge on any atom is -0.508 e. The van der Waals surface area contributed by atoms with Crippen molar-refractivity contribution in [2.24, 2.45) is 0 Å². The number of carbonyl (C=O) groups excluding carboxylic acids is 2. The van der Waals surface area contributed by atoms with Crippen molar-refractivity contribution in [1.29, 1.82) is 0 Å². The molecule has 4 aromatic carbocycles. The molecule has 0 atom stereocenters. The first-order valence-corrected chi connectivity index (χ1v) is 21.2. The number of nitrogens with zero attached hydrogens (tertiary/aromatic N) is 6. The number of benzene rings is 4. The Morgan fingerprint density at radius 3 is 2.14 bits per heavy atom.